The maximum atomic E-state index is 10.9. The van der Waals surface area contributed by atoms with Gasteiger partial charge in [0.25, 0.3) is 0 Å². The first kappa shape index (κ1) is 13.6. The summed E-state index contributed by atoms with van der Waals surface area (Å²) in [7, 11) is 1.71. The monoisotopic (exact) mass is 266 g/mol. The van der Waals surface area contributed by atoms with E-state index in [0.717, 1.165) is 18.5 Å². The molecule has 1 N–H and O–H groups in total. The van der Waals surface area contributed by atoms with E-state index in [2.05, 4.69) is 5.32 Å². The summed E-state index contributed by atoms with van der Waals surface area (Å²) >= 11 is 0. The van der Waals surface area contributed by atoms with Crippen LogP contribution in [-0.4, -0.2) is 30.8 Å². The second kappa shape index (κ2) is 5.88. The van der Waals surface area contributed by atoms with Gasteiger partial charge >= 0.3 is 5.69 Å². The summed E-state index contributed by atoms with van der Waals surface area (Å²) in [5.41, 5.74) is 0.837. The number of hydrogen-bond donors (Lipinski definition) is 1. The SMILES string of the molecule is CCOc1cc(NC2CC(OC)C2)ccc1[N+](=O)[O-]. The average molecular weight is 266 g/mol. The number of nitrogens with zero attached hydrogens (tertiary/aromatic N) is 1. The molecule has 2 rings (SSSR count). The van der Waals surface area contributed by atoms with E-state index in [1.807, 2.05) is 0 Å². The summed E-state index contributed by atoms with van der Waals surface area (Å²) in [4.78, 5) is 10.4. The lowest BCUT2D eigenvalue weighted by Crippen LogP contribution is -2.40. The average Bonchev–Trinajstić information content (AvgIpc) is 2.33. The molecule has 6 nitrogen and oxygen atoms in total. The van der Waals surface area contributed by atoms with Crippen molar-refractivity contribution in [3.05, 3.63) is 28.3 Å². The van der Waals surface area contributed by atoms with Gasteiger partial charge in [0.05, 0.1) is 17.6 Å². The van der Waals surface area contributed by atoms with Crippen LogP contribution in [-0.2, 0) is 4.74 Å². The molecule has 0 unspecified atom stereocenters. The maximum absolute atomic E-state index is 10.9. The summed E-state index contributed by atoms with van der Waals surface area (Å²) in [6, 6.07) is 5.23. The highest BCUT2D eigenvalue weighted by Gasteiger charge is 2.29. The quantitative estimate of drug-likeness (QED) is 0.632. The van der Waals surface area contributed by atoms with Gasteiger partial charge in [0, 0.05) is 31.0 Å². The smallest absolute Gasteiger partial charge is 0.311 e. The predicted octanol–water partition coefficient (Wildman–Crippen LogP) is 2.58. The van der Waals surface area contributed by atoms with E-state index in [-0.39, 0.29) is 5.69 Å². The van der Waals surface area contributed by atoms with E-state index in [1.165, 1.54) is 6.07 Å². The first-order valence-corrected chi connectivity index (χ1v) is 6.34. The number of nitro benzene ring substituents is 1. The molecule has 0 bridgehead atoms. The van der Waals surface area contributed by atoms with Gasteiger partial charge in [-0.15, -0.1) is 0 Å². The molecule has 1 aromatic rings. The van der Waals surface area contributed by atoms with Crippen LogP contribution >= 0.6 is 0 Å². The van der Waals surface area contributed by atoms with Crippen molar-refractivity contribution in [3.8, 4) is 5.75 Å². The summed E-state index contributed by atoms with van der Waals surface area (Å²) in [6.07, 6.45) is 2.23. The molecule has 0 aliphatic heterocycles. The van der Waals surface area contributed by atoms with Crippen LogP contribution in [0.25, 0.3) is 0 Å². The molecule has 1 aliphatic carbocycles. The maximum Gasteiger partial charge on any atom is 0.311 e. The number of rotatable bonds is 6. The van der Waals surface area contributed by atoms with Gasteiger partial charge in [-0.3, -0.25) is 10.1 Å². The molecule has 1 aliphatic rings. The number of benzene rings is 1. The molecule has 0 amide bonds. The third-order valence-electron chi connectivity index (χ3n) is 3.26. The number of hydrogen-bond acceptors (Lipinski definition) is 5. The second-order valence-electron chi connectivity index (χ2n) is 4.54. The third-order valence-corrected chi connectivity index (χ3v) is 3.26. The Labute approximate surface area is 111 Å². The molecule has 0 atom stereocenters. The molecular formula is C13H18N2O4. The zero-order valence-electron chi connectivity index (χ0n) is 11.1. The lowest BCUT2D eigenvalue weighted by atomic mass is 9.89. The highest BCUT2D eigenvalue weighted by atomic mass is 16.6. The summed E-state index contributed by atoms with van der Waals surface area (Å²) in [5, 5.41) is 14.2. The molecule has 0 heterocycles. The van der Waals surface area contributed by atoms with Gasteiger partial charge in [0.2, 0.25) is 0 Å². The number of methoxy groups -OCH3 is 1. The van der Waals surface area contributed by atoms with Crippen LogP contribution in [0, 0.1) is 10.1 Å². The highest BCUT2D eigenvalue weighted by Crippen LogP contribution is 2.32. The Bertz CT molecular complexity index is 458. The zero-order valence-corrected chi connectivity index (χ0v) is 11.1. The molecular weight excluding hydrogens is 248 g/mol. The Morgan fingerprint density at radius 1 is 1.47 bits per heavy atom. The van der Waals surface area contributed by atoms with Crippen molar-refractivity contribution < 1.29 is 14.4 Å². The molecule has 0 spiro atoms. The molecule has 19 heavy (non-hydrogen) atoms. The highest BCUT2D eigenvalue weighted by molar-refractivity contribution is 5.58. The number of nitrogens with one attached hydrogen (secondary N) is 1. The van der Waals surface area contributed by atoms with Crippen LogP contribution < -0.4 is 10.1 Å². The normalized spacial score (nSPS) is 21.6. The molecule has 1 fully saturated rings. The fourth-order valence-electron chi connectivity index (χ4n) is 2.14. The van der Waals surface area contributed by atoms with Gasteiger partial charge in [-0.2, -0.15) is 0 Å². The first-order chi connectivity index (χ1) is 9.13. The van der Waals surface area contributed by atoms with Gasteiger partial charge in [-0.05, 0) is 25.8 Å². The van der Waals surface area contributed by atoms with Crippen LogP contribution in [0.2, 0.25) is 0 Å². The van der Waals surface area contributed by atoms with Crippen molar-refractivity contribution in [2.75, 3.05) is 19.0 Å². The summed E-state index contributed by atoms with van der Waals surface area (Å²) in [5.74, 6) is 0.306. The Morgan fingerprint density at radius 2 is 2.21 bits per heavy atom. The van der Waals surface area contributed by atoms with E-state index >= 15 is 0 Å². The van der Waals surface area contributed by atoms with Crippen LogP contribution in [0.5, 0.6) is 5.75 Å². The van der Waals surface area contributed by atoms with E-state index in [4.69, 9.17) is 9.47 Å². The number of nitro groups is 1. The van der Waals surface area contributed by atoms with Crippen molar-refractivity contribution in [2.45, 2.75) is 31.9 Å². The lowest BCUT2D eigenvalue weighted by molar-refractivity contribution is -0.385. The topological polar surface area (TPSA) is 73.6 Å². The minimum atomic E-state index is -0.431. The number of anilines is 1. The third kappa shape index (κ3) is 3.14. The van der Waals surface area contributed by atoms with E-state index in [0.29, 0.717) is 24.5 Å². The van der Waals surface area contributed by atoms with Crippen LogP contribution in [0.15, 0.2) is 18.2 Å². The Morgan fingerprint density at radius 3 is 2.79 bits per heavy atom. The Hall–Kier alpha value is -1.82. The lowest BCUT2D eigenvalue weighted by Gasteiger charge is -2.35. The molecule has 104 valence electrons. The molecule has 1 aromatic carbocycles. The van der Waals surface area contributed by atoms with Crippen molar-refractivity contribution in [3.63, 3.8) is 0 Å². The number of ether oxygens (including phenoxy) is 2. The van der Waals surface area contributed by atoms with Gasteiger partial charge < -0.3 is 14.8 Å². The van der Waals surface area contributed by atoms with Gasteiger partial charge in [0.15, 0.2) is 5.75 Å². The van der Waals surface area contributed by atoms with Crippen LogP contribution in [0.3, 0.4) is 0 Å². The molecule has 6 heteroatoms. The van der Waals surface area contributed by atoms with E-state index in [9.17, 15) is 10.1 Å². The molecule has 0 radical (unpaired) electrons. The largest absolute Gasteiger partial charge is 0.487 e. The van der Waals surface area contributed by atoms with Crippen molar-refractivity contribution in [1.82, 2.24) is 0 Å². The Balaban J connectivity index is 2.05. The van der Waals surface area contributed by atoms with Crippen LogP contribution in [0.4, 0.5) is 11.4 Å². The fourth-order valence-corrected chi connectivity index (χ4v) is 2.14. The molecule has 1 saturated carbocycles. The van der Waals surface area contributed by atoms with Gasteiger partial charge in [-0.1, -0.05) is 0 Å². The second-order valence-corrected chi connectivity index (χ2v) is 4.54. The van der Waals surface area contributed by atoms with Gasteiger partial charge in [0.1, 0.15) is 0 Å². The fraction of sp³-hybridized carbons (Fsp3) is 0.538. The zero-order chi connectivity index (χ0) is 13.8. The van der Waals surface area contributed by atoms with Crippen LogP contribution in [0.1, 0.15) is 19.8 Å². The first-order valence-electron chi connectivity index (χ1n) is 6.34. The van der Waals surface area contributed by atoms with Crippen molar-refractivity contribution in [1.29, 1.82) is 0 Å². The van der Waals surface area contributed by atoms with Crippen molar-refractivity contribution in [2.24, 2.45) is 0 Å². The Kier molecular flexibility index (Phi) is 4.21. The summed E-state index contributed by atoms with van der Waals surface area (Å²) in [6.45, 7) is 2.21. The minimum absolute atomic E-state index is 0.00391. The van der Waals surface area contributed by atoms with E-state index < -0.39 is 4.92 Å². The predicted molar refractivity (Wildman–Crippen MR) is 71.7 cm³/mol. The standard InChI is InChI=1S/C13H18N2O4/c1-3-19-13-8-9(4-5-12(13)15(16)17)14-10-6-11(7-10)18-2/h4-5,8,10-11,14H,3,6-7H2,1-2H3. The minimum Gasteiger partial charge on any atom is -0.487 e. The van der Waals surface area contributed by atoms with E-state index in [1.54, 1.807) is 26.2 Å². The van der Waals surface area contributed by atoms with Crippen molar-refractivity contribution >= 4 is 11.4 Å². The molecule has 0 aromatic heterocycles. The molecule has 0 saturated heterocycles. The summed E-state index contributed by atoms with van der Waals surface area (Å²) < 4.78 is 10.5. The van der Waals surface area contributed by atoms with Gasteiger partial charge in [-0.25, -0.2) is 0 Å².